The van der Waals surface area contributed by atoms with Crippen molar-refractivity contribution in [2.75, 3.05) is 13.2 Å². The van der Waals surface area contributed by atoms with Crippen LogP contribution in [0.3, 0.4) is 0 Å². The van der Waals surface area contributed by atoms with Gasteiger partial charge >= 0.3 is 0 Å². The zero-order valence-electron chi connectivity index (χ0n) is 9.11. The zero-order valence-corrected chi connectivity index (χ0v) is 9.93. The van der Waals surface area contributed by atoms with Gasteiger partial charge in [-0.25, -0.2) is 4.98 Å². The van der Waals surface area contributed by atoms with Crippen LogP contribution in [0.2, 0.25) is 0 Å². The maximum absolute atomic E-state index is 5.51. The predicted octanol–water partition coefficient (Wildman–Crippen LogP) is 1.84. The Morgan fingerprint density at radius 3 is 3.33 bits per heavy atom. The molecule has 0 spiro atoms. The third-order valence-corrected chi connectivity index (χ3v) is 3.58. The fraction of sp³-hybridized carbons (Fsp3) is 0.727. The van der Waals surface area contributed by atoms with Gasteiger partial charge in [0.25, 0.3) is 0 Å². The number of ether oxygens (including phenoxy) is 1. The largest absolute Gasteiger partial charge is 0.378 e. The molecule has 1 N–H and O–H groups in total. The summed E-state index contributed by atoms with van der Waals surface area (Å²) >= 11 is 1.73. The second-order valence-electron chi connectivity index (χ2n) is 4.03. The average molecular weight is 226 g/mol. The second-order valence-corrected chi connectivity index (χ2v) is 5.01. The van der Waals surface area contributed by atoms with Crippen LogP contribution in [-0.4, -0.2) is 30.3 Å². The Kier molecular flexibility index (Phi) is 4.11. The molecule has 1 aromatic rings. The van der Waals surface area contributed by atoms with E-state index in [-0.39, 0.29) is 0 Å². The predicted molar refractivity (Wildman–Crippen MR) is 62.3 cm³/mol. The van der Waals surface area contributed by atoms with Crippen molar-refractivity contribution in [1.82, 2.24) is 10.3 Å². The van der Waals surface area contributed by atoms with Gasteiger partial charge < -0.3 is 10.1 Å². The Bertz CT molecular complexity index is 276. The van der Waals surface area contributed by atoms with Crippen molar-refractivity contribution in [3.05, 3.63) is 16.6 Å². The molecule has 15 heavy (non-hydrogen) atoms. The Morgan fingerprint density at radius 1 is 1.67 bits per heavy atom. The number of hydrogen-bond donors (Lipinski definition) is 1. The molecule has 2 heterocycles. The van der Waals surface area contributed by atoms with Gasteiger partial charge in [-0.3, -0.25) is 0 Å². The fourth-order valence-electron chi connectivity index (χ4n) is 1.94. The Morgan fingerprint density at radius 2 is 2.60 bits per heavy atom. The van der Waals surface area contributed by atoms with Crippen LogP contribution in [0.4, 0.5) is 0 Å². The first-order chi connectivity index (χ1) is 7.34. The van der Waals surface area contributed by atoms with Crippen molar-refractivity contribution in [2.45, 2.75) is 38.3 Å². The highest BCUT2D eigenvalue weighted by molar-refractivity contribution is 7.09. The number of aromatic nitrogens is 1. The highest BCUT2D eigenvalue weighted by Gasteiger charge is 2.18. The summed E-state index contributed by atoms with van der Waals surface area (Å²) in [6.45, 7) is 4.08. The van der Waals surface area contributed by atoms with Crippen LogP contribution >= 0.6 is 11.3 Å². The van der Waals surface area contributed by atoms with E-state index in [1.165, 1.54) is 5.01 Å². The molecule has 2 unspecified atom stereocenters. The van der Waals surface area contributed by atoms with E-state index in [9.17, 15) is 0 Å². The van der Waals surface area contributed by atoms with Gasteiger partial charge in [0.2, 0.25) is 0 Å². The van der Waals surface area contributed by atoms with E-state index in [1.807, 2.05) is 11.6 Å². The first-order valence-corrected chi connectivity index (χ1v) is 6.46. The molecule has 3 nitrogen and oxygen atoms in total. The number of nitrogens with zero attached hydrogens (tertiary/aromatic N) is 1. The molecular formula is C11H18N2OS. The molecule has 1 fully saturated rings. The van der Waals surface area contributed by atoms with Gasteiger partial charge in [0.1, 0.15) is 0 Å². The van der Waals surface area contributed by atoms with Crippen molar-refractivity contribution in [3.8, 4) is 0 Å². The van der Waals surface area contributed by atoms with Gasteiger partial charge in [-0.2, -0.15) is 0 Å². The summed E-state index contributed by atoms with van der Waals surface area (Å²) in [5.74, 6) is 0. The topological polar surface area (TPSA) is 34.2 Å². The summed E-state index contributed by atoms with van der Waals surface area (Å²) in [5.41, 5.74) is 0. The Labute approximate surface area is 94.9 Å². The summed E-state index contributed by atoms with van der Waals surface area (Å²) in [5, 5.41) is 6.84. The number of thiazole rings is 1. The van der Waals surface area contributed by atoms with Crippen molar-refractivity contribution in [1.29, 1.82) is 0 Å². The van der Waals surface area contributed by atoms with E-state index in [0.717, 1.165) is 32.4 Å². The van der Waals surface area contributed by atoms with Crippen LogP contribution in [0.5, 0.6) is 0 Å². The van der Waals surface area contributed by atoms with E-state index < -0.39 is 0 Å². The number of hydrogen-bond acceptors (Lipinski definition) is 4. The molecule has 84 valence electrons. The monoisotopic (exact) mass is 226 g/mol. The zero-order chi connectivity index (χ0) is 10.5. The van der Waals surface area contributed by atoms with Crippen molar-refractivity contribution >= 4 is 11.3 Å². The lowest BCUT2D eigenvalue weighted by Crippen LogP contribution is -2.38. The van der Waals surface area contributed by atoms with Crippen molar-refractivity contribution in [2.24, 2.45) is 0 Å². The third-order valence-electron chi connectivity index (χ3n) is 2.74. The minimum atomic E-state index is 0.413. The second kappa shape index (κ2) is 5.58. The van der Waals surface area contributed by atoms with Crippen LogP contribution in [0.25, 0.3) is 0 Å². The molecule has 1 aliphatic heterocycles. The molecule has 1 saturated heterocycles. The molecule has 2 rings (SSSR count). The van der Waals surface area contributed by atoms with Gasteiger partial charge in [0, 0.05) is 37.2 Å². The fourth-order valence-corrected chi connectivity index (χ4v) is 2.56. The first kappa shape index (κ1) is 11.0. The van der Waals surface area contributed by atoms with Gasteiger partial charge in [-0.15, -0.1) is 11.3 Å². The molecule has 0 amide bonds. The molecule has 0 bridgehead atoms. The smallest absolute Gasteiger partial charge is 0.0937 e. The van der Waals surface area contributed by atoms with Crippen LogP contribution in [0, 0.1) is 0 Å². The van der Waals surface area contributed by atoms with E-state index >= 15 is 0 Å². The maximum Gasteiger partial charge on any atom is 0.0937 e. The van der Waals surface area contributed by atoms with E-state index in [4.69, 9.17) is 4.74 Å². The molecule has 0 radical (unpaired) electrons. The minimum Gasteiger partial charge on any atom is -0.378 e. The van der Waals surface area contributed by atoms with Crippen molar-refractivity contribution in [3.63, 3.8) is 0 Å². The third kappa shape index (κ3) is 3.55. The van der Waals surface area contributed by atoms with Crippen LogP contribution in [0.15, 0.2) is 11.6 Å². The lowest BCUT2D eigenvalue weighted by atomic mass is 10.0. The molecule has 4 heteroatoms. The highest BCUT2D eigenvalue weighted by atomic mass is 32.1. The Hall–Kier alpha value is -0.450. The number of nitrogens with one attached hydrogen (secondary N) is 1. The molecule has 0 aliphatic carbocycles. The van der Waals surface area contributed by atoms with Gasteiger partial charge in [0.05, 0.1) is 11.1 Å². The number of rotatable bonds is 4. The summed E-state index contributed by atoms with van der Waals surface area (Å²) in [4.78, 5) is 4.27. The average Bonchev–Trinajstić information content (AvgIpc) is 2.71. The van der Waals surface area contributed by atoms with E-state index in [1.54, 1.807) is 11.3 Å². The van der Waals surface area contributed by atoms with E-state index in [2.05, 4.69) is 17.2 Å². The molecular weight excluding hydrogens is 208 g/mol. The van der Waals surface area contributed by atoms with Gasteiger partial charge in [-0.05, 0) is 19.8 Å². The summed E-state index contributed by atoms with van der Waals surface area (Å²) in [6, 6.07) is 0.633. The minimum absolute atomic E-state index is 0.413. The highest BCUT2D eigenvalue weighted by Crippen LogP contribution is 2.13. The standard InChI is InChI=1S/C11H18N2OS/c1-9-8-10(3-6-14-9)12-4-2-11-13-5-7-15-11/h5,7,9-10,12H,2-4,6,8H2,1H3. The van der Waals surface area contributed by atoms with Crippen LogP contribution < -0.4 is 5.32 Å². The quantitative estimate of drug-likeness (QED) is 0.850. The molecule has 1 aliphatic rings. The molecule has 2 atom stereocenters. The Balaban J connectivity index is 1.65. The summed E-state index contributed by atoms with van der Waals surface area (Å²) in [7, 11) is 0. The van der Waals surface area contributed by atoms with Gasteiger partial charge in [-0.1, -0.05) is 0 Å². The SMILES string of the molecule is CC1CC(NCCc2nccs2)CCO1. The summed E-state index contributed by atoms with van der Waals surface area (Å²) in [6.07, 6.45) is 5.61. The van der Waals surface area contributed by atoms with Crippen LogP contribution in [0.1, 0.15) is 24.8 Å². The van der Waals surface area contributed by atoms with Crippen LogP contribution in [-0.2, 0) is 11.2 Å². The molecule has 0 saturated carbocycles. The molecule has 1 aromatic heterocycles. The normalized spacial score (nSPS) is 26.7. The lowest BCUT2D eigenvalue weighted by molar-refractivity contribution is 0.0135. The van der Waals surface area contributed by atoms with Crippen molar-refractivity contribution < 1.29 is 4.74 Å². The first-order valence-electron chi connectivity index (χ1n) is 5.58. The molecule has 0 aromatic carbocycles. The maximum atomic E-state index is 5.51. The van der Waals surface area contributed by atoms with E-state index in [0.29, 0.717) is 12.1 Å². The van der Waals surface area contributed by atoms with Gasteiger partial charge in [0.15, 0.2) is 0 Å². The lowest BCUT2D eigenvalue weighted by Gasteiger charge is -2.27. The summed E-state index contributed by atoms with van der Waals surface area (Å²) < 4.78 is 5.51.